The van der Waals surface area contributed by atoms with Crippen LogP contribution in [0.25, 0.3) is 22.5 Å². The zero-order valence-electron chi connectivity index (χ0n) is 22.7. The Labute approximate surface area is 224 Å². The molecule has 9 nitrogen and oxygen atoms in total. The van der Waals surface area contributed by atoms with Gasteiger partial charge in [0, 0.05) is 12.0 Å². The van der Waals surface area contributed by atoms with Crippen LogP contribution in [-0.4, -0.2) is 47.6 Å². The zero-order valence-corrected chi connectivity index (χ0v) is 22.7. The summed E-state index contributed by atoms with van der Waals surface area (Å²) >= 11 is 0. The van der Waals surface area contributed by atoms with Crippen molar-refractivity contribution in [1.82, 2.24) is 35.4 Å². The first-order chi connectivity index (χ1) is 18.5. The Balaban J connectivity index is 1.43. The number of benzene rings is 2. The molecule has 1 aliphatic carbocycles. The van der Waals surface area contributed by atoms with E-state index < -0.39 is 6.29 Å². The number of hydrogen-bond acceptors (Lipinski definition) is 7. The summed E-state index contributed by atoms with van der Waals surface area (Å²) in [5.41, 5.74) is 4.32. The molecule has 0 atom stereocenters. The Hall–Kier alpha value is -3.43. The summed E-state index contributed by atoms with van der Waals surface area (Å²) in [7, 11) is 0. The van der Waals surface area contributed by atoms with Crippen LogP contribution in [0.4, 0.5) is 0 Å². The Morgan fingerprint density at radius 3 is 2.21 bits per heavy atom. The van der Waals surface area contributed by atoms with Crippen molar-refractivity contribution in [2.45, 2.75) is 90.8 Å². The van der Waals surface area contributed by atoms with Crippen molar-refractivity contribution in [3.8, 4) is 22.5 Å². The minimum atomic E-state index is -0.581. The largest absolute Gasteiger partial charge is 0.343 e. The van der Waals surface area contributed by atoms with Crippen molar-refractivity contribution in [1.29, 1.82) is 0 Å². The van der Waals surface area contributed by atoms with E-state index >= 15 is 0 Å². The van der Waals surface area contributed by atoms with Crippen LogP contribution in [-0.2, 0) is 15.9 Å². The predicted molar refractivity (Wildman–Crippen MR) is 145 cm³/mol. The highest BCUT2D eigenvalue weighted by atomic mass is 16.7. The van der Waals surface area contributed by atoms with Crippen molar-refractivity contribution in [2.75, 3.05) is 0 Å². The second-order valence-electron chi connectivity index (χ2n) is 10.5. The third kappa shape index (κ3) is 6.16. The summed E-state index contributed by atoms with van der Waals surface area (Å²) in [5, 5.41) is 19.4. The van der Waals surface area contributed by atoms with E-state index in [4.69, 9.17) is 19.6 Å². The zero-order chi connectivity index (χ0) is 26.5. The monoisotopic (exact) mass is 515 g/mol. The molecular formula is C29H37N7O2. The lowest BCUT2D eigenvalue weighted by Gasteiger charge is -2.23. The Morgan fingerprint density at radius 2 is 1.58 bits per heavy atom. The van der Waals surface area contributed by atoms with Crippen molar-refractivity contribution in [3.05, 3.63) is 65.7 Å². The van der Waals surface area contributed by atoms with Crippen LogP contribution in [0.5, 0.6) is 0 Å². The maximum Gasteiger partial charge on any atom is 0.221 e. The van der Waals surface area contributed by atoms with Gasteiger partial charge in [0.25, 0.3) is 0 Å². The van der Waals surface area contributed by atoms with Crippen LogP contribution in [0.3, 0.4) is 0 Å². The predicted octanol–water partition coefficient (Wildman–Crippen LogP) is 6.07. The van der Waals surface area contributed by atoms with Crippen LogP contribution in [0.15, 0.2) is 48.5 Å². The lowest BCUT2D eigenvalue weighted by Crippen LogP contribution is -2.20. The van der Waals surface area contributed by atoms with Gasteiger partial charge in [-0.25, -0.2) is 14.8 Å². The summed E-state index contributed by atoms with van der Waals surface area (Å²) in [4.78, 5) is 4.99. The molecule has 2 heterocycles. The molecular weight excluding hydrogens is 478 g/mol. The molecule has 2 aromatic heterocycles. The number of tetrazole rings is 1. The second kappa shape index (κ2) is 12.0. The quantitative estimate of drug-likeness (QED) is 0.256. The van der Waals surface area contributed by atoms with Crippen molar-refractivity contribution >= 4 is 0 Å². The van der Waals surface area contributed by atoms with Crippen molar-refractivity contribution in [3.63, 3.8) is 0 Å². The third-order valence-corrected chi connectivity index (χ3v) is 6.80. The van der Waals surface area contributed by atoms with Gasteiger partial charge >= 0.3 is 0 Å². The van der Waals surface area contributed by atoms with Gasteiger partial charge in [-0.3, -0.25) is 0 Å². The molecule has 38 heavy (non-hydrogen) atoms. The fourth-order valence-corrected chi connectivity index (χ4v) is 5.06. The highest BCUT2D eigenvalue weighted by Gasteiger charge is 2.27. The highest BCUT2D eigenvalue weighted by molar-refractivity contribution is 5.80. The molecule has 9 heteroatoms. The number of rotatable bonds is 10. The minimum absolute atomic E-state index is 0.00647. The van der Waals surface area contributed by atoms with Crippen LogP contribution in [0.2, 0.25) is 0 Å². The van der Waals surface area contributed by atoms with Gasteiger partial charge in [-0.05, 0) is 67.7 Å². The fraction of sp³-hybridized carbons (Fsp3) is 0.483. The maximum atomic E-state index is 6.08. The van der Waals surface area contributed by atoms with Crippen molar-refractivity contribution < 1.29 is 9.47 Å². The van der Waals surface area contributed by atoms with Gasteiger partial charge < -0.3 is 9.47 Å². The molecule has 0 aliphatic heterocycles. The average Bonchev–Trinajstić information content (AvgIpc) is 3.60. The van der Waals surface area contributed by atoms with E-state index in [1.807, 2.05) is 45.9 Å². The first-order valence-corrected chi connectivity index (χ1v) is 13.7. The number of H-pyrrole nitrogens is 1. The van der Waals surface area contributed by atoms with Crippen LogP contribution in [0.1, 0.15) is 89.3 Å². The van der Waals surface area contributed by atoms with E-state index in [-0.39, 0.29) is 12.2 Å². The average molecular weight is 516 g/mol. The van der Waals surface area contributed by atoms with Gasteiger partial charge in [-0.15, -0.1) is 5.10 Å². The smallest absolute Gasteiger partial charge is 0.221 e. The first-order valence-electron chi connectivity index (χ1n) is 13.7. The lowest BCUT2D eigenvalue weighted by molar-refractivity contribution is -0.189. The van der Waals surface area contributed by atoms with E-state index in [2.05, 4.69) is 55.6 Å². The highest BCUT2D eigenvalue weighted by Crippen LogP contribution is 2.32. The molecule has 1 fully saturated rings. The lowest BCUT2D eigenvalue weighted by atomic mass is 9.95. The van der Waals surface area contributed by atoms with E-state index in [1.165, 1.54) is 24.8 Å². The van der Waals surface area contributed by atoms with Gasteiger partial charge in [0.15, 0.2) is 5.82 Å². The molecule has 0 amide bonds. The van der Waals surface area contributed by atoms with E-state index in [1.54, 1.807) is 0 Å². The van der Waals surface area contributed by atoms with Gasteiger partial charge in [0.2, 0.25) is 12.1 Å². The summed E-state index contributed by atoms with van der Waals surface area (Å²) in [6.07, 6.45) is 6.11. The Kier molecular flexibility index (Phi) is 8.24. The van der Waals surface area contributed by atoms with Crippen LogP contribution >= 0.6 is 0 Å². The maximum absolute atomic E-state index is 6.08. The SMILES string of the molecule is CC(C)OC(OC(C)C)c1nc(Cc2ccc(-c3ccccc3-c3nnn[nH]3)cc2)n(C2CCCCC2)n1. The molecule has 4 aromatic rings. The molecule has 5 rings (SSSR count). The molecule has 0 radical (unpaired) electrons. The number of nitrogens with zero attached hydrogens (tertiary/aromatic N) is 6. The first kappa shape index (κ1) is 26.2. The molecule has 1 saturated carbocycles. The van der Waals surface area contributed by atoms with E-state index in [0.717, 1.165) is 35.4 Å². The van der Waals surface area contributed by atoms with Crippen LogP contribution < -0.4 is 0 Å². The molecule has 1 aliphatic rings. The van der Waals surface area contributed by atoms with E-state index in [9.17, 15) is 0 Å². The normalized spacial score (nSPS) is 14.7. The fourth-order valence-electron chi connectivity index (χ4n) is 5.06. The Morgan fingerprint density at radius 1 is 0.895 bits per heavy atom. The second-order valence-corrected chi connectivity index (χ2v) is 10.5. The number of nitrogens with one attached hydrogen (secondary N) is 1. The standard InChI is InChI=1S/C29H37N7O2/c1-19(2)37-29(38-20(3)4)28-30-26(36(33-28)23-10-6-5-7-11-23)18-21-14-16-22(17-15-21)24-12-8-9-13-25(24)27-31-34-35-32-27/h8-9,12-17,19-20,23,29H,5-7,10-11,18H2,1-4H3,(H,31,32,34,35). The van der Waals surface area contributed by atoms with Crippen LogP contribution in [0, 0.1) is 0 Å². The summed E-state index contributed by atoms with van der Waals surface area (Å²) in [6, 6.07) is 17.1. The van der Waals surface area contributed by atoms with E-state index in [0.29, 0.717) is 24.1 Å². The molecule has 0 bridgehead atoms. The molecule has 2 aromatic carbocycles. The Bertz CT molecular complexity index is 1280. The summed E-state index contributed by atoms with van der Waals surface area (Å²) < 4.78 is 14.3. The molecule has 0 unspecified atom stereocenters. The van der Waals surface area contributed by atoms with Gasteiger partial charge in [0.05, 0.1) is 18.2 Å². The van der Waals surface area contributed by atoms with Crippen molar-refractivity contribution in [2.24, 2.45) is 0 Å². The number of aromatic nitrogens is 7. The third-order valence-electron chi connectivity index (χ3n) is 6.80. The van der Waals surface area contributed by atoms with Gasteiger partial charge in [0.1, 0.15) is 5.82 Å². The van der Waals surface area contributed by atoms with Gasteiger partial charge in [-0.2, -0.15) is 5.10 Å². The molecule has 0 saturated heterocycles. The molecule has 0 spiro atoms. The number of hydrogen-bond donors (Lipinski definition) is 1. The topological polar surface area (TPSA) is 104 Å². The number of ether oxygens (including phenoxy) is 2. The molecule has 200 valence electrons. The summed E-state index contributed by atoms with van der Waals surface area (Å²) in [5.74, 6) is 2.22. The van der Waals surface area contributed by atoms with Gasteiger partial charge in [-0.1, -0.05) is 67.8 Å². The number of aromatic amines is 1. The minimum Gasteiger partial charge on any atom is -0.343 e. The summed E-state index contributed by atoms with van der Waals surface area (Å²) in [6.45, 7) is 8.03. The molecule has 1 N–H and O–H groups in total.